The first kappa shape index (κ1) is 17.5. The standard InChI is InChI=1S/C21H25NO3/c1-24-21(14-6-3-7-15-21)20(23)22-18-10-12-19(13-11-18)25-16-17-8-4-2-5-9-17/h2,4-5,8-13H,3,6-7,14-16H2,1H3,(H,22,23). The molecule has 3 rings (SSSR count). The molecule has 0 aromatic heterocycles. The Hall–Kier alpha value is -2.33. The Morgan fingerprint density at radius 1 is 1.00 bits per heavy atom. The predicted octanol–water partition coefficient (Wildman–Crippen LogP) is 4.55. The molecular formula is C21H25NO3. The van der Waals surface area contributed by atoms with Crippen molar-refractivity contribution in [3.8, 4) is 5.75 Å². The molecule has 1 aliphatic carbocycles. The average Bonchev–Trinajstić information content (AvgIpc) is 2.68. The molecule has 0 radical (unpaired) electrons. The molecule has 1 N–H and O–H groups in total. The number of carbonyl (C=O) groups excluding carboxylic acids is 1. The van der Waals surface area contributed by atoms with E-state index in [0.717, 1.165) is 42.7 Å². The van der Waals surface area contributed by atoms with E-state index >= 15 is 0 Å². The average molecular weight is 339 g/mol. The molecule has 4 nitrogen and oxygen atoms in total. The van der Waals surface area contributed by atoms with Gasteiger partial charge in [0.25, 0.3) is 5.91 Å². The van der Waals surface area contributed by atoms with E-state index in [0.29, 0.717) is 6.61 Å². The van der Waals surface area contributed by atoms with Crippen LogP contribution in [0.25, 0.3) is 0 Å². The van der Waals surface area contributed by atoms with Gasteiger partial charge in [-0.25, -0.2) is 0 Å². The third kappa shape index (κ3) is 4.40. The molecule has 0 bridgehead atoms. The van der Waals surface area contributed by atoms with Gasteiger partial charge in [-0.2, -0.15) is 0 Å². The second-order valence-electron chi connectivity index (χ2n) is 6.51. The highest BCUT2D eigenvalue weighted by Crippen LogP contribution is 2.32. The summed E-state index contributed by atoms with van der Waals surface area (Å²) in [5.74, 6) is 0.730. The Balaban J connectivity index is 1.57. The lowest BCUT2D eigenvalue weighted by Gasteiger charge is -2.34. The fourth-order valence-corrected chi connectivity index (χ4v) is 3.27. The number of ether oxygens (including phenoxy) is 2. The molecule has 0 unspecified atom stereocenters. The first-order valence-electron chi connectivity index (χ1n) is 8.85. The summed E-state index contributed by atoms with van der Waals surface area (Å²) < 4.78 is 11.4. The quantitative estimate of drug-likeness (QED) is 0.839. The zero-order valence-corrected chi connectivity index (χ0v) is 14.7. The van der Waals surface area contributed by atoms with Gasteiger partial charge in [-0.3, -0.25) is 4.79 Å². The van der Waals surface area contributed by atoms with Crippen LogP contribution in [-0.2, 0) is 16.1 Å². The lowest BCUT2D eigenvalue weighted by molar-refractivity contribution is -0.141. The van der Waals surface area contributed by atoms with Crippen LogP contribution < -0.4 is 10.1 Å². The van der Waals surface area contributed by atoms with E-state index in [-0.39, 0.29) is 5.91 Å². The smallest absolute Gasteiger partial charge is 0.256 e. The number of benzene rings is 2. The van der Waals surface area contributed by atoms with Crippen LogP contribution in [0.5, 0.6) is 5.75 Å². The summed E-state index contributed by atoms with van der Waals surface area (Å²) in [6, 6.07) is 17.5. The molecule has 1 aliphatic rings. The number of amides is 1. The third-order valence-electron chi connectivity index (χ3n) is 4.83. The second kappa shape index (κ2) is 8.17. The highest BCUT2D eigenvalue weighted by Gasteiger charge is 2.39. The summed E-state index contributed by atoms with van der Waals surface area (Å²) in [7, 11) is 1.63. The maximum Gasteiger partial charge on any atom is 0.256 e. The van der Waals surface area contributed by atoms with Crippen LogP contribution in [0.1, 0.15) is 37.7 Å². The van der Waals surface area contributed by atoms with Crippen molar-refractivity contribution >= 4 is 11.6 Å². The van der Waals surface area contributed by atoms with Crippen LogP contribution in [0.15, 0.2) is 54.6 Å². The maximum absolute atomic E-state index is 12.6. The van der Waals surface area contributed by atoms with Gasteiger partial charge in [0, 0.05) is 12.8 Å². The Bertz CT molecular complexity index is 676. The molecule has 25 heavy (non-hydrogen) atoms. The number of carbonyl (C=O) groups is 1. The van der Waals surface area contributed by atoms with Crippen LogP contribution in [-0.4, -0.2) is 18.6 Å². The monoisotopic (exact) mass is 339 g/mol. The number of methoxy groups -OCH3 is 1. The molecule has 0 spiro atoms. The van der Waals surface area contributed by atoms with Crippen molar-refractivity contribution in [3.63, 3.8) is 0 Å². The van der Waals surface area contributed by atoms with Gasteiger partial charge in [0.2, 0.25) is 0 Å². The predicted molar refractivity (Wildman–Crippen MR) is 98.7 cm³/mol. The summed E-state index contributed by atoms with van der Waals surface area (Å²) in [5.41, 5.74) is 1.21. The molecule has 0 heterocycles. The number of hydrogen-bond donors (Lipinski definition) is 1. The minimum Gasteiger partial charge on any atom is -0.489 e. The molecule has 0 aliphatic heterocycles. The van der Waals surface area contributed by atoms with Crippen molar-refractivity contribution in [1.82, 2.24) is 0 Å². The Morgan fingerprint density at radius 3 is 2.32 bits per heavy atom. The molecular weight excluding hydrogens is 314 g/mol. The summed E-state index contributed by atoms with van der Waals surface area (Å²) >= 11 is 0. The normalized spacial score (nSPS) is 16.2. The highest BCUT2D eigenvalue weighted by molar-refractivity contribution is 5.97. The maximum atomic E-state index is 12.6. The molecule has 1 amide bonds. The summed E-state index contributed by atoms with van der Waals surface area (Å²) in [6.07, 6.45) is 4.81. The molecule has 132 valence electrons. The van der Waals surface area contributed by atoms with Gasteiger partial charge < -0.3 is 14.8 Å². The molecule has 4 heteroatoms. The van der Waals surface area contributed by atoms with E-state index in [1.807, 2.05) is 54.6 Å². The number of hydrogen-bond acceptors (Lipinski definition) is 3. The van der Waals surface area contributed by atoms with Crippen LogP contribution in [0.2, 0.25) is 0 Å². The summed E-state index contributed by atoms with van der Waals surface area (Å²) in [4.78, 5) is 12.6. The van der Waals surface area contributed by atoms with Crippen molar-refractivity contribution in [2.24, 2.45) is 0 Å². The molecule has 2 aromatic carbocycles. The molecule has 0 saturated heterocycles. The van der Waals surface area contributed by atoms with E-state index in [9.17, 15) is 4.79 Å². The number of rotatable bonds is 6. The third-order valence-corrected chi connectivity index (χ3v) is 4.83. The van der Waals surface area contributed by atoms with Crippen LogP contribution in [0, 0.1) is 0 Å². The minimum atomic E-state index is -0.680. The van der Waals surface area contributed by atoms with Gasteiger partial charge >= 0.3 is 0 Å². The zero-order valence-electron chi connectivity index (χ0n) is 14.7. The van der Waals surface area contributed by atoms with Crippen LogP contribution in [0.3, 0.4) is 0 Å². The van der Waals surface area contributed by atoms with E-state index in [4.69, 9.17) is 9.47 Å². The van der Waals surface area contributed by atoms with Crippen LogP contribution >= 0.6 is 0 Å². The van der Waals surface area contributed by atoms with Crippen molar-refractivity contribution in [2.75, 3.05) is 12.4 Å². The van der Waals surface area contributed by atoms with Crippen LogP contribution in [0.4, 0.5) is 5.69 Å². The first-order chi connectivity index (χ1) is 12.2. The van der Waals surface area contributed by atoms with E-state index in [1.165, 1.54) is 6.42 Å². The second-order valence-corrected chi connectivity index (χ2v) is 6.51. The Kier molecular flexibility index (Phi) is 5.71. The topological polar surface area (TPSA) is 47.6 Å². The first-order valence-corrected chi connectivity index (χ1v) is 8.85. The van der Waals surface area contributed by atoms with Crippen molar-refractivity contribution in [3.05, 3.63) is 60.2 Å². The molecule has 2 aromatic rings. The van der Waals surface area contributed by atoms with Crippen molar-refractivity contribution < 1.29 is 14.3 Å². The molecule has 1 fully saturated rings. The van der Waals surface area contributed by atoms with Gasteiger partial charge in [0.15, 0.2) is 0 Å². The van der Waals surface area contributed by atoms with E-state index in [2.05, 4.69) is 5.32 Å². The van der Waals surface area contributed by atoms with Gasteiger partial charge in [-0.05, 0) is 42.7 Å². The summed E-state index contributed by atoms with van der Waals surface area (Å²) in [6.45, 7) is 0.527. The highest BCUT2D eigenvalue weighted by atomic mass is 16.5. The molecule has 0 atom stereocenters. The van der Waals surface area contributed by atoms with E-state index < -0.39 is 5.60 Å². The number of anilines is 1. The van der Waals surface area contributed by atoms with Crippen molar-refractivity contribution in [2.45, 2.75) is 44.3 Å². The fraction of sp³-hybridized carbons (Fsp3) is 0.381. The summed E-state index contributed by atoms with van der Waals surface area (Å²) in [5, 5.41) is 2.98. The van der Waals surface area contributed by atoms with Crippen molar-refractivity contribution in [1.29, 1.82) is 0 Å². The van der Waals surface area contributed by atoms with Gasteiger partial charge in [-0.1, -0.05) is 49.6 Å². The molecule has 1 saturated carbocycles. The van der Waals surface area contributed by atoms with Gasteiger partial charge in [0.1, 0.15) is 18.0 Å². The zero-order chi connectivity index (χ0) is 17.5. The van der Waals surface area contributed by atoms with Gasteiger partial charge in [-0.15, -0.1) is 0 Å². The largest absolute Gasteiger partial charge is 0.489 e. The Labute approximate surface area is 149 Å². The minimum absolute atomic E-state index is 0.0485. The van der Waals surface area contributed by atoms with E-state index in [1.54, 1.807) is 7.11 Å². The fourth-order valence-electron chi connectivity index (χ4n) is 3.27. The SMILES string of the molecule is COC1(C(=O)Nc2ccc(OCc3ccccc3)cc2)CCCCC1. The van der Waals surface area contributed by atoms with Gasteiger partial charge in [0.05, 0.1) is 0 Å². The lowest BCUT2D eigenvalue weighted by atomic mass is 9.84. The lowest BCUT2D eigenvalue weighted by Crippen LogP contribution is -2.46. The Morgan fingerprint density at radius 2 is 1.68 bits per heavy atom. The number of nitrogens with one attached hydrogen (secondary N) is 1.